The number of halogens is 2. The number of rotatable bonds is 9. The molecular formula is C27H31Cl2NO7. The lowest BCUT2D eigenvalue weighted by Crippen LogP contribution is -2.37. The zero-order valence-corrected chi connectivity index (χ0v) is 22.7. The SMILES string of the molecule is COc1cc(C(=O)N2CC(CCOC3CCCCO3)(c3ccc(Cl)c(Cl)c3)CC2=O)cc(OC)c1OC. The van der Waals surface area contributed by atoms with Crippen LogP contribution >= 0.6 is 23.2 Å². The highest BCUT2D eigenvalue weighted by Gasteiger charge is 2.47. The molecule has 2 unspecified atom stereocenters. The van der Waals surface area contributed by atoms with Crippen molar-refractivity contribution in [2.75, 3.05) is 41.1 Å². The number of ether oxygens (including phenoxy) is 5. The van der Waals surface area contributed by atoms with Crippen molar-refractivity contribution in [3.8, 4) is 17.2 Å². The highest BCUT2D eigenvalue weighted by molar-refractivity contribution is 6.42. The average Bonchev–Trinajstić information content (AvgIpc) is 3.26. The van der Waals surface area contributed by atoms with Crippen LogP contribution in [0.4, 0.5) is 0 Å². The zero-order chi connectivity index (χ0) is 26.6. The van der Waals surface area contributed by atoms with E-state index in [1.807, 2.05) is 6.07 Å². The predicted molar refractivity (Wildman–Crippen MR) is 139 cm³/mol. The first-order valence-electron chi connectivity index (χ1n) is 12.2. The lowest BCUT2D eigenvalue weighted by Gasteiger charge is -2.31. The van der Waals surface area contributed by atoms with Gasteiger partial charge in [-0.05, 0) is 55.5 Å². The third-order valence-electron chi connectivity index (χ3n) is 6.96. The monoisotopic (exact) mass is 551 g/mol. The van der Waals surface area contributed by atoms with E-state index in [-0.39, 0.29) is 30.7 Å². The highest BCUT2D eigenvalue weighted by Crippen LogP contribution is 2.43. The fraction of sp³-hybridized carbons (Fsp3) is 0.481. The predicted octanol–water partition coefficient (Wildman–Crippen LogP) is 5.26. The molecule has 2 aromatic carbocycles. The molecule has 2 saturated heterocycles. The molecule has 0 spiro atoms. The van der Waals surface area contributed by atoms with Gasteiger partial charge in [0.05, 0.1) is 38.0 Å². The number of nitrogens with zero attached hydrogens (tertiary/aromatic N) is 1. The fourth-order valence-corrected chi connectivity index (χ4v) is 5.23. The molecule has 37 heavy (non-hydrogen) atoms. The van der Waals surface area contributed by atoms with Crippen LogP contribution in [-0.2, 0) is 19.7 Å². The molecule has 8 nitrogen and oxygen atoms in total. The Hall–Kier alpha value is -2.52. The Balaban J connectivity index is 1.62. The lowest BCUT2D eigenvalue weighted by molar-refractivity contribution is -0.164. The van der Waals surface area contributed by atoms with E-state index >= 15 is 0 Å². The Kier molecular flexibility index (Phi) is 8.85. The maximum absolute atomic E-state index is 13.6. The van der Waals surface area contributed by atoms with E-state index in [0.717, 1.165) is 24.8 Å². The van der Waals surface area contributed by atoms with Gasteiger partial charge in [0.15, 0.2) is 17.8 Å². The molecule has 2 aromatic rings. The largest absolute Gasteiger partial charge is 0.493 e. The van der Waals surface area contributed by atoms with Gasteiger partial charge in [0.25, 0.3) is 5.91 Å². The Morgan fingerprint density at radius 1 is 1.05 bits per heavy atom. The summed E-state index contributed by atoms with van der Waals surface area (Å²) in [4.78, 5) is 28.2. The number of hydrogen-bond donors (Lipinski definition) is 0. The maximum Gasteiger partial charge on any atom is 0.260 e. The minimum atomic E-state index is -0.698. The van der Waals surface area contributed by atoms with E-state index in [1.54, 1.807) is 24.3 Å². The molecule has 2 atom stereocenters. The van der Waals surface area contributed by atoms with Gasteiger partial charge in [-0.15, -0.1) is 0 Å². The van der Waals surface area contributed by atoms with Gasteiger partial charge in [0, 0.05) is 30.6 Å². The first kappa shape index (κ1) is 27.5. The average molecular weight is 552 g/mol. The Labute approximate surface area is 226 Å². The molecule has 200 valence electrons. The number of hydrogen-bond acceptors (Lipinski definition) is 7. The molecule has 2 heterocycles. The molecule has 4 rings (SSSR count). The number of likely N-dealkylation sites (tertiary alicyclic amines) is 1. The topological polar surface area (TPSA) is 83.5 Å². The van der Waals surface area contributed by atoms with Crippen molar-refractivity contribution in [3.05, 3.63) is 51.5 Å². The van der Waals surface area contributed by atoms with Crippen molar-refractivity contribution in [2.45, 2.75) is 43.8 Å². The van der Waals surface area contributed by atoms with Gasteiger partial charge in [0.1, 0.15) is 0 Å². The summed E-state index contributed by atoms with van der Waals surface area (Å²) in [5, 5.41) is 0.805. The normalized spacial score (nSPS) is 21.7. The second-order valence-electron chi connectivity index (χ2n) is 9.20. The van der Waals surface area contributed by atoms with Crippen LogP contribution in [0.5, 0.6) is 17.2 Å². The van der Waals surface area contributed by atoms with Crippen molar-refractivity contribution in [2.24, 2.45) is 0 Å². The Morgan fingerprint density at radius 2 is 1.78 bits per heavy atom. The maximum atomic E-state index is 13.6. The Bertz CT molecular complexity index is 1130. The van der Waals surface area contributed by atoms with E-state index in [2.05, 4.69) is 0 Å². The molecule has 0 saturated carbocycles. The van der Waals surface area contributed by atoms with Crippen molar-refractivity contribution in [1.29, 1.82) is 0 Å². The molecule has 0 N–H and O–H groups in total. The first-order valence-corrected chi connectivity index (χ1v) is 12.9. The molecule has 10 heteroatoms. The van der Waals surface area contributed by atoms with Crippen molar-refractivity contribution < 1.29 is 33.3 Å². The van der Waals surface area contributed by atoms with Gasteiger partial charge in [-0.25, -0.2) is 0 Å². The van der Waals surface area contributed by atoms with Crippen LogP contribution in [0.15, 0.2) is 30.3 Å². The van der Waals surface area contributed by atoms with E-state index in [9.17, 15) is 9.59 Å². The molecular weight excluding hydrogens is 521 g/mol. The minimum absolute atomic E-state index is 0.121. The highest BCUT2D eigenvalue weighted by atomic mass is 35.5. The van der Waals surface area contributed by atoms with Gasteiger partial charge < -0.3 is 23.7 Å². The summed E-state index contributed by atoms with van der Waals surface area (Å²) in [7, 11) is 4.42. The number of carbonyl (C=O) groups is 2. The molecule has 0 aromatic heterocycles. The Morgan fingerprint density at radius 3 is 2.38 bits per heavy atom. The third kappa shape index (κ3) is 5.82. The third-order valence-corrected chi connectivity index (χ3v) is 7.70. The fourth-order valence-electron chi connectivity index (χ4n) is 4.94. The van der Waals surface area contributed by atoms with Crippen molar-refractivity contribution >= 4 is 35.0 Å². The van der Waals surface area contributed by atoms with Crippen LogP contribution in [0, 0.1) is 0 Å². The number of imide groups is 1. The second-order valence-corrected chi connectivity index (χ2v) is 10.0. The number of carbonyl (C=O) groups excluding carboxylic acids is 2. The van der Waals surface area contributed by atoms with Gasteiger partial charge in [-0.2, -0.15) is 0 Å². The molecule has 2 amide bonds. The first-order chi connectivity index (χ1) is 17.8. The van der Waals surface area contributed by atoms with Crippen molar-refractivity contribution in [1.82, 2.24) is 4.90 Å². The van der Waals surface area contributed by atoms with Crippen LogP contribution in [-0.4, -0.2) is 64.1 Å². The summed E-state index contributed by atoms with van der Waals surface area (Å²) in [6.07, 6.45) is 3.28. The molecule has 2 aliphatic rings. The summed E-state index contributed by atoms with van der Waals surface area (Å²) < 4.78 is 27.8. The van der Waals surface area contributed by atoms with E-state index < -0.39 is 11.3 Å². The standard InChI is InChI=1S/C27H31Cl2NO7/c1-33-21-12-17(13-22(34-2)25(21)35-3)26(32)30-16-27(15-23(30)31,18-7-8-19(28)20(29)14-18)9-11-37-24-6-4-5-10-36-24/h7-8,12-14,24H,4-6,9-11,15-16H2,1-3H3. The van der Waals surface area contributed by atoms with Crippen LogP contribution in [0.1, 0.15) is 48.0 Å². The second kappa shape index (κ2) is 11.9. The van der Waals surface area contributed by atoms with E-state index in [0.29, 0.717) is 46.9 Å². The van der Waals surface area contributed by atoms with E-state index in [1.165, 1.54) is 26.2 Å². The molecule has 2 aliphatic heterocycles. The number of amides is 2. The summed E-state index contributed by atoms with van der Waals surface area (Å²) in [6, 6.07) is 8.41. The summed E-state index contributed by atoms with van der Waals surface area (Å²) >= 11 is 12.5. The molecule has 0 radical (unpaired) electrons. The van der Waals surface area contributed by atoms with Crippen LogP contribution in [0.25, 0.3) is 0 Å². The quantitative estimate of drug-likeness (QED) is 0.393. The van der Waals surface area contributed by atoms with Crippen LogP contribution in [0.3, 0.4) is 0 Å². The molecule has 0 bridgehead atoms. The van der Waals surface area contributed by atoms with Crippen LogP contribution < -0.4 is 14.2 Å². The van der Waals surface area contributed by atoms with Crippen molar-refractivity contribution in [3.63, 3.8) is 0 Å². The minimum Gasteiger partial charge on any atom is -0.493 e. The van der Waals surface area contributed by atoms with Gasteiger partial charge in [-0.3, -0.25) is 14.5 Å². The summed E-state index contributed by atoms with van der Waals surface area (Å²) in [5.41, 5.74) is 0.374. The molecule has 2 fully saturated rings. The van der Waals surface area contributed by atoms with E-state index in [4.69, 9.17) is 46.9 Å². The smallest absolute Gasteiger partial charge is 0.260 e. The van der Waals surface area contributed by atoms with Gasteiger partial charge >= 0.3 is 0 Å². The summed E-state index contributed by atoms with van der Waals surface area (Å²) in [5.74, 6) is 0.268. The summed E-state index contributed by atoms with van der Waals surface area (Å²) in [6.45, 7) is 1.21. The number of methoxy groups -OCH3 is 3. The van der Waals surface area contributed by atoms with Gasteiger partial charge in [-0.1, -0.05) is 29.3 Å². The zero-order valence-electron chi connectivity index (χ0n) is 21.2. The molecule has 0 aliphatic carbocycles. The van der Waals surface area contributed by atoms with Gasteiger partial charge in [0.2, 0.25) is 11.7 Å². The lowest BCUT2D eigenvalue weighted by atomic mass is 9.77. The number of benzene rings is 2. The van der Waals surface area contributed by atoms with Crippen LogP contribution in [0.2, 0.25) is 10.0 Å².